The summed E-state index contributed by atoms with van der Waals surface area (Å²) in [6.07, 6.45) is 4.70. The highest BCUT2D eigenvalue weighted by atomic mass is 16.5. The fourth-order valence-electron chi connectivity index (χ4n) is 2.09. The van der Waals surface area contributed by atoms with E-state index in [0.717, 1.165) is 24.0 Å². The van der Waals surface area contributed by atoms with Crippen LogP contribution in [0.25, 0.3) is 0 Å². The molecular formula is C15H18N2O2. The summed E-state index contributed by atoms with van der Waals surface area (Å²) in [6.45, 7) is 0.579. The number of nitrogens with two attached hydrogens (primary N) is 1. The Morgan fingerprint density at radius 1 is 1.42 bits per heavy atom. The van der Waals surface area contributed by atoms with Gasteiger partial charge < -0.3 is 10.5 Å². The van der Waals surface area contributed by atoms with E-state index in [2.05, 4.69) is 4.99 Å². The van der Waals surface area contributed by atoms with Gasteiger partial charge in [-0.05, 0) is 24.6 Å². The van der Waals surface area contributed by atoms with E-state index in [0.29, 0.717) is 6.54 Å². The molecule has 0 saturated heterocycles. The minimum Gasteiger partial charge on any atom is -0.468 e. The summed E-state index contributed by atoms with van der Waals surface area (Å²) in [4.78, 5) is 16.1. The Hall–Kier alpha value is -2.10. The number of aliphatic imine (C=N–C) groups is 1. The first kappa shape index (κ1) is 13.3. The highest BCUT2D eigenvalue weighted by Crippen LogP contribution is 2.52. The number of esters is 1. The number of carbonyl (C=O) groups is 1. The maximum Gasteiger partial charge on any atom is 0.316 e. The average molecular weight is 258 g/mol. The molecule has 1 saturated carbocycles. The van der Waals surface area contributed by atoms with Gasteiger partial charge in [0.25, 0.3) is 0 Å². The molecule has 1 aliphatic carbocycles. The SMILES string of the molecule is COC(=O)C1(/C(C=NCc2ccccc2)=C/N)CC1. The summed E-state index contributed by atoms with van der Waals surface area (Å²) >= 11 is 0. The lowest BCUT2D eigenvalue weighted by Gasteiger charge is -2.12. The Balaban J connectivity index is 2.03. The molecule has 2 rings (SSSR count). The molecule has 0 heterocycles. The standard InChI is InChI=1S/C15H18N2O2/c1-19-14(18)15(7-8-15)13(9-16)11-17-10-12-5-3-2-4-6-12/h2-6,9,11H,7-8,10,16H2,1H3/b13-9+,17-11?. The number of hydrogen-bond acceptors (Lipinski definition) is 4. The summed E-state index contributed by atoms with van der Waals surface area (Å²) in [6, 6.07) is 9.93. The molecule has 0 unspecified atom stereocenters. The van der Waals surface area contributed by atoms with Crippen molar-refractivity contribution in [2.24, 2.45) is 16.1 Å². The van der Waals surface area contributed by atoms with Gasteiger partial charge in [-0.1, -0.05) is 30.3 Å². The first-order chi connectivity index (χ1) is 9.23. The molecule has 100 valence electrons. The zero-order chi connectivity index (χ0) is 13.7. The van der Waals surface area contributed by atoms with Crippen LogP contribution in [0.5, 0.6) is 0 Å². The van der Waals surface area contributed by atoms with Crippen molar-refractivity contribution >= 4 is 12.2 Å². The third kappa shape index (κ3) is 2.84. The predicted molar refractivity (Wildman–Crippen MR) is 74.6 cm³/mol. The zero-order valence-electron chi connectivity index (χ0n) is 11.0. The second-order valence-electron chi connectivity index (χ2n) is 4.65. The summed E-state index contributed by atoms with van der Waals surface area (Å²) in [5, 5.41) is 0. The maximum atomic E-state index is 11.7. The van der Waals surface area contributed by atoms with Crippen LogP contribution in [0.4, 0.5) is 0 Å². The van der Waals surface area contributed by atoms with Crippen molar-refractivity contribution in [1.29, 1.82) is 0 Å². The van der Waals surface area contributed by atoms with Gasteiger partial charge in [0.2, 0.25) is 0 Å². The first-order valence-electron chi connectivity index (χ1n) is 6.27. The van der Waals surface area contributed by atoms with Gasteiger partial charge in [0, 0.05) is 11.8 Å². The normalized spacial score (nSPS) is 17.4. The van der Waals surface area contributed by atoms with Crippen LogP contribution in [-0.4, -0.2) is 19.3 Å². The number of methoxy groups -OCH3 is 1. The second-order valence-corrected chi connectivity index (χ2v) is 4.65. The van der Waals surface area contributed by atoms with Crippen LogP contribution in [0, 0.1) is 5.41 Å². The van der Waals surface area contributed by atoms with E-state index in [1.165, 1.54) is 13.3 Å². The van der Waals surface area contributed by atoms with Crippen LogP contribution in [0.3, 0.4) is 0 Å². The van der Waals surface area contributed by atoms with E-state index >= 15 is 0 Å². The molecule has 0 aliphatic heterocycles. The molecule has 0 atom stereocenters. The van der Waals surface area contributed by atoms with Gasteiger partial charge in [-0.15, -0.1) is 0 Å². The second kappa shape index (κ2) is 5.69. The predicted octanol–water partition coefficient (Wildman–Crippen LogP) is 2.05. The number of carbonyl (C=O) groups excluding carboxylic acids is 1. The number of rotatable bonds is 5. The first-order valence-corrected chi connectivity index (χ1v) is 6.27. The van der Waals surface area contributed by atoms with E-state index in [1.807, 2.05) is 30.3 Å². The van der Waals surface area contributed by atoms with E-state index in [1.54, 1.807) is 6.21 Å². The lowest BCUT2D eigenvalue weighted by molar-refractivity contribution is -0.145. The topological polar surface area (TPSA) is 64.7 Å². The van der Waals surface area contributed by atoms with E-state index in [4.69, 9.17) is 10.5 Å². The molecule has 0 amide bonds. The molecule has 19 heavy (non-hydrogen) atoms. The molecule has 1 aromatic rings. The number of ether oxygens (including phenoxy) is 1. The minimum atomic E-state index is -0.552. The number of benzene rings is 1. The summed E-state index contributed by atoms with van der Waals surface area (Å²) in [7, 11) is 1.40. The monoisotopic (exact) mass is 258 g/mol. The molecule has 1 aliphatic rings. The third-order valence-corrected chi connectivity index (χ3v) is 3.41. The van der Waals surface area contributed by atoms with Crippen LogP contribution >= 0.6 is 0 Å². The van der Waals surface area contributed by atoms with Crippen LogP contribution in [-0.2, 0) is 16.1 Å². The third-order valence-electron chi connectivity index (χ3n) is 3.41. The lowest BCUT2D eigenvalue weighted by atomic mass is 9.97. The molecule has 1 aromatic carbocycles. The Kier molecular flexibility index (Phi) is 4.00. The van der Waals surface area contributed by atoms with Gasteiger partial charge in [-0.3, -0.25) is 9.79 Å². The molecule has 0 radical (unpaired) electrons. The van der Waals surface area contributed by atoms with Gasteiger partial charge in [-0.2, -0.15) is 0 Å². The lowest BCUT2D eigenvalue weighted by Crippen LogP contribution is -2.21. The van der Waals surface area contributed by atoms with Crippen molar-refractivity contribution in [3.05, 3.63) is 47.7 Å². The van der Waals surface area contributed by atoms with Gasteiger partial charge >= 0.3 is 5.97 Å². The molecule has 4 nitrogen and oxygen atoms in total. The van der Waals surface area contributed by atoms with Crippen molar-refractivity contribution < 1.29 is 9.53 Å². The average Bonchev–Trinajstić information content (AvgIpc) is 3.25. The van der Waals surface area contributed by atoms with Crippen molar-refractivity contribution in [1.82, 2.24) is 0 Å². The Bertz CT molecular complexity index is 502. The van der Waals surface area contributed by atoms with Crippen LogP contribution in [0.2, 0.25) is 0 Å². The Labute approximate surface area is 113 Å². The van der Waals surface area contributed by atoms with Gasteiger partial charge in [0.1, 0.15) is 0 Å². The van der Waals surface area contributed by atoms with Crippen LogP contribution in [0.15, 0.2) is 47.1 Å². The molecule has 1 fully saturated rings. The van der Waals surface area contributed by atoms with Gasteiger partial charge in [0.05, 0.1) is 19.1 Å². The molecule has 2 N–H and O–H groups in total. The maximum absolute atomic E-state index is 11.7. The van der Waals surface area contributed by atoms with Crippen molar-refractivity contribution in [3.63, 3.8) is 0 Å². The largest absolute Gasteiger partial charge is 0.468 e. The van der Waals surface area contributed by atoms with Crippen LogP contribution < -0.4 is 5.73 Å². The Morgan fingerprint density at radius 2 is 2.11 bits per heavy atom. The molecule has 4 heteroatoms. The number of hydrogen-bond donors (Lipinski definition) is 1. The molecule has 0 aromatic heterocycles. The molecular weight excluding hydrogens is 240 g/mol. The fraction of sp³-hybridized carbons (Fsp3) is 0.333. The van der Waals surface area contributed by atoms with E-state index in [-0.39, 0.29) is 5.97 Å². The smallest absolute Gasteiger partial charge is 0.316 e. The highest BCUT2D eigenvalue weighted by Gasteiger charge is 2.53. The van der Waals surface area contributed by atoms with Gasteiger partial charge in [-0.25, -0.2) is 0 Å². The highest BCUT2D eigenvalue weighted by molar-refractivity contribution is 5.95. The summed E-state index contributed by atoms with van der Waals surface area (Å²) in [5.41, 5.74) is 6.93. The van der Waals surface area contributed by atoms with E-state index < -0.39 is 5.41 Å². The quantitative estimate of drug-likeness (QED) is 0.649. The minimum absolute atomic E-state index is 0.227. The Morgan fingerprint density at radius 3 is 2.63 bits per heavy atom. The van der Waals surface area contributed by atoms with Crippen LogP contribution in [0.1, 0.15) is 18.4 Å². The summed E-state index contributed by atoms with van der Waals surface area (Å²) < 4.78 is 4.83. The van der Waals surface area contributed by atoms with E-state index in [9.17, 15) is 4.79 Å². The fourth-order valence-corrected chi connectivity index (χ4v) is 2.09. The van der Waals surface area contributed by atoms with Gasteiger partial charge in [0.15, 0.2) is 0 Å². The molecule has 0 spiro atoms. The van der Waals surface area contributed by atoms with Crippen molar-refractivity contribution in [2.75, 3.05) is 7.11 Å². The van der Waals surface area contributed by atoms with Crippen molar-refractivity contribution in [2.45, 2.75) is 19.4 Å². The van der Waals surface area contributed by atoms with Crippen molar-refractivity contribution in [3.8, 4) is 0 Å². The molecule has 0 bridgehead atoms. The number of nitrogens with zero attached hydrogens (tertiary/aromatic N) is 1. The zero-order valence-corrected chi connectivity index (χ0v) is 11.0. The summed E-state index contributed by atoms with van der Waals surface area (Å²) in [5.74, 6) is -0.227.